The zero-order valence-corrected chi connectivity index (χ0v) is 9.61. The Kier molecular flexibility index (Phi) is 4.18. The van der Waals surface area contributed by atoms with Gasteiger partial charge in [-0.1, -0.05) is 0 Å². The van der Waals surface area contributed by atoms with Gasteiger partial charge >= 0.3 is 0 Å². The van der Waals surface area contributed by atoms with E-state index in [0.29, 0.717) is 6.54 Å². The Morgan fingerprint density at radius 3 is 3.08 bits per heavy atom. The third-order valence-corrected chi connectivity index (χ3v) is 3.00. The van der Waals surface area contributed by atoms with E-state index in [1.165, 1.54) is 0 Å². The SMILES string of the molecule is CCNC(=O)/C=C/c1cc(Br)cs1. The van der Waals surface area contributed by atoms with Crippen LogP contribution in [0.3, 0.4) is 0 Å². The average Bonchev–Trinajstić information content (AvgIpc) is 2.49. The van der Waals surface area contributed by atoms with Crippen LogP contribution in [-0.4, -0.2) is 12.5 Å². The molecule has 0 atom stereocenters. The van der Waals surface area contributed by atoms with Crippen molar-refractivity contribution in [1.82, 2.24) is 5.32 Å². The minimum absolute atomic E-state index is 0.0491. The highest BCUT2D eigenvalue weighted by Gasteiger charge is 1.94. The zero-order chi connectivity index (χ0) is 9.68. The molecule has 13 heavy (non-hydrogen) atoms. The summed E-state index contributed by atoms with van der Waals surface area (Å²) in [6.07, 6.45) is 3.35. The maximum atomic E-state index is 11.0. The number of hydrogen-bond acceptors (Lipinski definition) is 2. The largest absolute Gasteiger partial charge is 0.353 e. The Morgan fingerprint density at radius 1 is 1.77 bits per heavy atom. The van der Waals surface area contributed by atoms with Crippen molar-refractivity contribution in [2.45, 2.75) is 6.92 Å². The van der Waals surface area contributed by atoms with Gasteiger partial charge in [-0.25, -0.2) is 0 Å². The quantitative estimate of drug-likeness (QED) is 0.832. The van der Waals surface area contributed by atoms with E-state index >= 15 is 0 Å². The number of halogens is 1. The van der Waals surface area contributed by atoms with Crippen LogP contribution in [0.5, 0.6) is 0 Å². The summed E-state index contributed by atoms with van der Waals surface area (Å²) in [4.78, 5) is 12.1. The average molecular weight is 260 g/mol. The normalized spacial score (nSPS) is 10.6. The number of carbonyl (C=O) groups is 1. The summed E-state index contributed by atoms with van der Waals surface area (Å²) in [7, 11) is 0. The molecule has 1 N–H and O–H groups in total. The summed E-state index contributed by atoms with van der Waals surface area (Å²) in [6, 6.07) is 1.97. The third kappa shape index (κ3) is 3.74. The minimum Gasteiger partial charge on any atom is -0.353 e. The summed E-state index contributed by atoms with van der Waals surface area (Å²) in [5.74, 6) is -0.0491. The summed E-state index contributed by atoms with van der Waals surface area (Å²) >= 11 is 4.94. The molecule has 2 nitrogen and oxygen atoms in total. The molecule has 0 bridgehead atoms. The Morgan fingerprint density at radius 2 is 2.54 bits per heavy atom. The van der Waals surface area contributed by atoms with Crippen molar-refractivity contribution in [2.75, 3.05) is 6.54 Å². The molecule has 0 saturated heterocycles. The molecular weight excluding hydrogens is 250 g/mol. The maximum absolute atomic E-state index is 11.0. The highest BCUT2D eigenvalue weighted by atomic mass is 79.9. The highest BCUT2D eigenvalue weighted by Crippen LogP contribution is 2.20. The van der Waals surface area contributed by atoms with Crippen molar-refractivity contribution in [3.8, 4) is 0 Å². The first kappa shape index (κ1) is 10.5. The summed E-state index contributed by atoms with van der Waals surface area (Å²) in [6.45, 7) is 2.56. The van der Waals surface area contributed by atoms with E-state index in [0.717, 1.165) is 9.35 Å². The molecule has 0 unspecified atom stereocenters. The Balaban J connectivity index is 2.53. The van der Waals surface area contributed by atoms with Gasteiger partial charge in [0.15, 0.2) is 0 Å². The van der Waals surface area contributed by atoms with Gasteiger partial charge in [0.25, 0.3) is 0 Å². The van der Waals surface area contributed by atoms with E-state index in [9.17, 15) is 4.79 Å². The van der Waals surface area contributed by atoms with Gasteiger partial charge in [0.2, 0.25) is 5.91 Å². The van der Waals surface area contributed by atoms with Crippen LogP contribution in [0.15, 0.2) is 22.0 Å². The lowest BCUT2D eigenvalue weighted by molar-refractivity contribution is -0.116. The Bertz CT molecular complexity index is 319. The fourth-order valence-corrected chi connectivity index (χ4v) is 2.14. The van der Waals surface area contributed by atoms with E-state index < -0.39 is 0 Å². The van der Waals surface area contributed by atoms with Crippen molar-refractivity contribution in [3.63, 3.8) is 0 Å². The molecule has 0 radical (unpaired) electrons. The van der Waals surface area contributed by atoms with Gasteiger partial charge in [-0.15, -0.1) is 11.3 Å². The minimum atomic E-state index is -0.0491. The van der Waals surface area contributed by atoms with Gasteiger partial charge < -0.3 is 5.32 Å². The van der Waals surface area contributed by atoms with Crippen molar-refractivity contribution >= 4 is 39.2 Å². The Hall–Kier alpha value is -0.610. The molecule has 0 aromatic carbocycles. The molecule has 1 aromatic rings. The van der Waals surface area contributed by atoms with Crippen LogP contribution in [-0.2, 0) is 4.79 Å². The number of thiophene rings is 1. The van der Waals surface area contributed by atoms with Crippen LogP contribution in [0.1, 0.15) is 11.8 Å². The second-order valence-corrected chi connectivity index (χ2v) is 4.25. The molecule has 0 aliphatic carbocycles. The second kappa shape index (κ2) is 5.19. The molecule has 1 rings (SSSR count). The van der Waals surface area contributed by atoms with Gasteiger partial charge in [-0.2, -0.15) is 0 Å². The first-order valence-electron chi connectivity index (χ1n) is 3.92. The lowest BCUT2D eigenvalue weighted by atomic mass is 10.4. The molecule has 1 aromatic heterocycles. The molecule has 70 valence electrons. The lowest BCUT2D eigenvalue weighted by Gasteiger charge is -1.92. The smallest absolute Gasteiger partial charge is 0.244 e. The lowest BCUT2D eigenvalue weighted by Crippen LogP contribution is -2.19. The third-order valence-electron chi connectivity index (χ3n) is 1.34. The predicted octanol–water partition coefficient (Wildman–Crippen LogP) is 2.66. The van der Waals surface area contributed by atoms with Gasteiger partial charge in [-0.3, -0.25) is 4.79 Å². The van der Waals surface area contributed by atoms with Crippen LogP contribution in [0.2, 0.25) is 0 Å². The van der Waals surface area contributed by atoms with Crippen molar-refractivity contribution in [2.24, 2.45) is 0 Å². The number of carbonyl (C=O) groups excluding carboxylic acids is 1. The molecule has 1 heterocycles. The number of hydrogen-bond donors (Lipinski definition) is 1. The van der Waals surface area contributed by atoms with E-state index in [4.69, 9.17) is 0 Å². The van der Waals surface area contributed by atoms with Crippen LogP contribution in [0.25, 0.3) is 6.08 Å². The highest BCUT2D eigenvalue weighted by molar-refractivity contribution is 9.10. The standard InChI is InChI=1S/C9H10BrNOS/c1-2-11-9(12)4-3-8-5-7(10)6-13-8/h3-6H,2H2,1H3,(H,11,12)/b4-3+. The number of amides is 1. The topological polar surface area (TPSA) is 29.1 Å². The molecule has 0 spiro atoms. The van der Waals surface area contributed by atoms with Gasteiger partial charge in [0.1, 0.15) is 0 Å². The van der Waals surface area contributed by atoms with Crippen molar-refractivity contribution in [1.29, 1.82) is 0 Å². The van der Waals surface area contributed by atoms with E-state index in [1.807, 2.05) is 18.4 Å². The van der Waals surface area contributed by atoms with Crippen molar-refractivity contribution in [3.05, 3.63) is 26.9 Å². The number of likely N-dealkylation sites (N-methyl/N-ethyl adjacent to an activating group) is 1. The second-order valence-electron chi connectivity index (χ2n) is 2.40. The maximum Gasteiger partial charge on any atom is 0.244 e. The first-order valence-corrected chi connectivity index (χ1v) is 5.59. The van der Waals surface area contributed by atoms with Crippen molar-refractivity contribution < 1.29 is 4.79 Å². The van der Waals surface area contributed by atoms with Crippen LogP contribution >= 0.6 is 27.3 Å². The number of nitrogens with one attached hydrogen (secondary N) is 1. The zero-order valence-electron chi connectivity index (χ0n) is 7.21. The predicted molar refractivity (Wildman–Crippen MR) is 59.7 cm³/mol. The first-order chi connectivity index (χ1) is 6.22. The summed E-state index contributed by atoms with van der Waals surface area (Å²) < 4.78 is 1.05. The Labute approximate surface area is 89.8 Å². The van der Waals surface area contributed by atoms with Crippen LogP contribution in [0.4, 0.5) is 0 Å². The summed E-state index contributed by atoms with van der Waals surface area (Å²) in [5.41, 5.74) is 0. The molecular formula is C9H10BrNOS. The van der Waals surface area contributed by atoms with E-state index in [-0.39, 0.29) is 5.91 Å². The van der Waals surface area contributed by atoms with Crippen LogP contribution < -0.4 is 5.32 Å². The van der Waals surface area contributed by atoms with E-state index in [1.54, 1.807) is 23.5 Å². The molecule has 0 saturated carbocycles. The fourth-order valence-electron chi connectivity index (χ4n) is 0.807. The summed E-state index contributed by atoms with van der Waals surface area (Å²) in [5, 5.41) is 4.67. The van der Waals surface area contributed by atoms with Gasteiger partial charge in [-0.05, 0) is 35.0 Å². The molecule has 0 aliphatic heterocycles. The molecule has 4 heteroatoms. The van der Waals surface area contributed by atoms with Crippen LogP contribution in [0, 0.1) is 0 Å². The van der Waals surface area contributed by atoms with Gasteiger partial charge in [0.05, 0.1) is 0 Å². The molecule has 0 fully saturated rings. The fraction of sp³-hybridized carbons (Fsp3) is 0.222. The number of rotatable bonds is 3. The van der Waals surface area contributed by atoms with E-state index in [2.05, 4.69) is 21.2 Å². The monoisotopic (exact) mass is 259 g/mol. The molecule has 1 amide bonds. The molecule has 0 aliphatic rings. The van der Waals surface area contributed by atoms with Gasteiger partial charge in [0, 0.05) is 27.4 Å².